The summed E-state index contributed by atoms with van der Waals surface area (Å²) in [6.45, 7) is 11.0. The molecule has 2 aromatic heterocycles. The van der Waals surface area contributed by atoms with Crippen LogP contribution in [-0.2, 0) is 20.6 Å². The number of hydrogen-bond acceptors (Lipinski definition) is 11. The lowest BCUT2D eigenvalue weighted by Crippen LogP contribution is -2.42. The molecule has 2 N–H and O–H groups in total. The van der Waals surface area contributed by atoms with Crippen LogP contribution in [0.25, 0.3) is 6.08 Å². The van der Waals surface area contributed by atoms with Gasteiger partial charge in [-0.05, 0) is 13.8 Å². The third-order valence-electron chi connectivity index (χ3n) is 9.03. The summed E-state index contributed by atoms with van der Waals surface area (Å²) < 4.78 is 28.5. The average Bonchev–Trinajstić information content (AvgIpc) is 3.82. The number of esters is 2. The largest absolute Gasteiger partial charge is 0.457 e. The number of ether oxygens (including phenoxy) is 3. The van der Waals surface area contributed by atoms with Gasteiger partial charge in [0.15, 0.2) is 17.3 Å². The standard InChI is InChI=1S/C43H54N2O9/c1-8-22-34(46)42(3,4)36-26-20-16-13-14-18-24-31(50-7)28-39-45-33(30-52-39)41(49)54-37(43(5,6)35(47)23-9-2)25-19-15-11-10-12-17-21-27-38-44-32(29-51-38)40(48)53-36/h8-24,27,29-31,34-37,46-47H,25-26,28H2,1-7H3/b11-10+,14-13-,17-12+,19-15+,20-16-,22-8+,23-9+,24-18+,27-21-. The van der Waals surface area contributed by atoms with Crippen LogP contribution >= 0.6 is 0 Å². The van der Waals surface area contributed by atoms with Gasteiger partial charge in [-0.1, -0.05) is 131 Å². The highest BCUT2D eigenvalue weighted by Gasteiger charge is 2.39. The second kappa shape index (κ2) is 21.6. The molecule has 2 aromatic rings. The summed E-state index contributed by atoms with van der Waals surface area (Å²) in [7, 11) is 1.56. The minimum Gasteiger partial charge on any atom is -0.457 e. The van der Waals surface area contributed by atoms with Gasteiger partial charge in [0.1, 0.15) is 24.7 Å². The third kappa shape index (κ3) is 13.1. The zero-order valence-corrected chi connectivity index (χ0v) is 32.2. The van der Waals surface area contributed by atoms with E-state index in [1.165, 1.54) is 12.5 Å². The molecular weight excluding hydrogens is 688 g/mol. The Labute approximate surface area is 318 Å². The third-order valence-corrected chi connectivity index (χ3v) is 9.03. The molecule has 290 valence electrons. The molecule has 0 radical (unpaired) electrons. The van der Waals surface area contributed by atoms with Crippen LogP contribution in [-0.4, -0.2) is 69.7 Å². The van der Waals surface area contributed by atoms with Crippen LogP contribution in [0.15, 0.2) is 125 Å². The van der Waals surface area contributed by atoms with Crippen molar-refractivity contribution in [1.29, 1.82) is 0 Å². The fourth-order valence-corrected chi connectivity index (χ4v) is 5.26. The van der Waals surface area contributed by atoms with E-state index in [2.05, 4.69) is 9.97 Å². The predicted molar refractivity (Wildman–Crippen MR) is 208 cm³/mol. The Bertz CT molecular complexity index is 1760. The molecule has 11 heteroatoms. The minimum atomic E-state index is -0.871. The Morgan fingerprint density at radius 2 is 1.20 bits per heavy atom. The van der Waals surface area contributed by atoms with E-state index in [9.17, 15) is 19.8 Å². The highest BCUT2D eigenvalue weighted by atomic mass is 16.6. The predicted octanol–water partition coefficient (Wildman–Crippen LogP) is 8.04. The highest BCUT2D eigenvalue weighted by Crippen LogP contribution is 2.33. The van der Waals surface area contributed by atoms with Crippen LogP contribution in [0.4, 0.5) is 0 Å². The molecule has 11 nitrogen and oxygen atoms in total. The van der Waals surface area contributed by atoms with Crippen molar-refractivity contribution in [2.24, 2.45) is 10.8 Å². The summed E-state index contributed by atoms with van der Waals surface area (Å²) in [6, 6.07) is 0. The lowest BCUT2D eigenvalue weighted by molar-refractivity contribution is -0.0461. The van der Waals surface area contributed by atoms with E-state index in [4.69, 9.17) is 23.0 Å². The number of methoxy groups -OCH3 is 1. The molecule has 0 spiro atoms. The maximum absolute atomic E-state index is 13.3. The molecule has 0 aliphatic carbocycles. The zero-order valence-electron chi connectivity index (χ0n) is 32.2. The van der Waals surface area contributed by atoms with Crippen molar-refractivity contribution in [2.45, 2.75) is 91.3 Å². The number of allylic oxidation sites excluding steroid dienone is 12. The fraction of sp³-hybridized carbons (Fsp3) is 0.395. The first kappa shape index (κ1) is 43.3. The van der Waals surface area contributed by atoms with E-state index in [1.807, 2.05) is 102 Å². The van der Waals surface area contributed by atoms with Gasteiger partial charge in [-0.25, -0.2) is 19.6 Å². The molecule has 3 rings (SSSR count). The quantitative estimate of drug-likeness (QED) is 0.209. The summed E-state index contributed by atoms with van der Waals surface area (Å²) in [6.07, 6.45) is 31.9. The fourth-order valence-electron chi connectivity index (χ4n) is 5.26. The van der Waals surface area contributed by atoms with Gasteiger partial charge < -0.3 is 33.3 Å². The first-order valence-corrected chi connectivity index (χ1v) is 18.0. The van der Waals surface area contributed by atoms with E-state index in [-0.39, 0.29) is 23.7 Å². The van der Waals surface area contributed by atoms with Crippen molar-refractivity contribution < 1.29 is 42.8 Å². The summed E-state index contributed by atoms with van der Waals surface area (Å²) in [5.41, 5.74) is -1.63. The monoisotopic (exact) mass is 742 g/mol. The van der Waals surface area contributed by atoms with Crippen molar-refractivity contribution in [1.82, 2.24) is 9.97 Å². The first-order chi connectivity index (χ1) is 25.8. The van der Waals surface area contributed by atoms with Gasteiger partial charge in [-0.15, -0.1) is 0 Å². The number of nitrogens with zero attached hydrogens (tertiary/aromatic N) is 2. The molecule has 54 heavy (non-hydrogen) atoms. The van der Waals surface area contributed by atoms with Gasteiger partial charge in [-0.2, -0.15) is 0 Å². The maximum atomic E-state index is 13.3. The lowest BCUT2D eigenvalue weighted by atomic mass is 9.79. The van der Waals surface area contributed by atoms with Gasteiger partial charge in [0.25, 0.3) is 0 Å². The van der Waals surface area contributed by atoms with Gasteiger partial charge in [0.2, 0.25) is 5.89 Å². The number of oxazole rings is 2. The number of cyclic esters (lactones) is 2. The Kier molecular flexibility index (Phi) is 17.3. The number of hydrogen-bond donors (Lipinski definition) is 2. The smallest absolute Gasteiger partial charge is 0.360 e. The van der Waals surface area contributed by atoms with Crippen LogP contribution in [0.2, 0.25) is 0 Å². The van der Waals surface area contributed by atoms with Crippen LogP contribution in [0.1, 0.15) is 87.1 Å². The van der Waals surface area contributed by atoms with Crippen LogP contribution in [0.3, 0.4) is 0 Å². The molecule has 1 aliphatic heterocycles. The molecule has 0 aromatic carbocycles. The van der Waals surface area contributed by atoms with Crippen LogP contribution in [0.5, 0.6) is 0 Å². The molecule has 5 atom stereocenters. The normalized spacial score (nSPS) is 25.5. The van der Waals surface area contributed by atoms with E-state index in [0.29, 0.717) is 18.7 Å². The number of carbonyl (C=O) groups excluding carboxylic acids is 2. The molecule has 1 aliphatic rings. The Morgan fingerprint density at radius 3 is 1.74 bits per heavy atom. The van der Waals surface area contributed by atoms with Crippen LogP contribution in [0, 0.1) is 10.8 Å². The van der Waals surface area contributed by atoms with Crippen molar-refractivity contribution in [2.75, 3.05) is 7.11 Å². The summed E-state index contributed by atoms with van der Waals surface area (Å²) in [5.74, 6) is -0.812. The number of fused-ring (bicyclic) bond motifs is 4. The van der Waals surface area contributed by atoms with E-state index in [0.717, 1.165) is 0 Å². The lowest BCUT2D eigenvalue weighted by Gasteiger charge is -2.36. The number of rotatable bonds is 7. The number of carbonyl (C=O) groups is 2. The van der Waals surface area contributed by atoms with Crippen molar-refractivity contribution in [3.05, 3.63) is 139 Å². The average molecular weight is 743 g/mol. The van der Waals surface area contributed by atoms with Gasteiger partial charge in [-0.3, -0.25) is 0 Å². The number of aromatic nitrogens is 2. The van der Waals surface area contributed by atoms with E-state index >= 15 is 0 Å². The Hall–Kier alpha value is -5.10. The van der Waals surface area contributed by atoms with Crippen molar-refractivity contribution in [3.8, 4) is 0 Å². The topological polar surface area (TPSA) is 154 Å². The maximum Gasteiger partial charge on any atom is 0.360 e. The minimum absolute atomic E-state index is 0.0118. The van der Waals surface area contributed by atoms with E-state index < -0.39 is 53.3 Å². The van der Waals surface area contributed by atoms with Crippen molar-refractivity contribution in [3.63, 3.8) is 0 Å². The second-order valence-electron chi connectivity index (χ2n) is 13.8. The molecular formula is C43H54N2O9. The first-order valence-electron chi connectivity index (χ1n) is 18.0. The zero-order chi connectivity index (χ0) is 39.6. The Morgan fingerprint density at radius 1 is 0.722 bits per heavy atom. The highest BCUT2D eigenvalue weighted by molar-refractivity contribution is 5.87. The number of aliphatic hydroxyl groups is 2. The molecule has 0 amide bonds. The van der Waals surface area contributed by atoms with Gasteiger partial charge >= 0.3 is 11.9 Å². The molecule has 3 heterocycles. The number of aliphatic hydroxyl groups excluding tert-OH is 2. The van der Waals surface area contributed by atoms with Crippen molar-refractivity contribution >= 4 is 18.0 Å². The van der Waals surface area contributed by atoms with Gasteiger partial charge in [0, 0.05) is 36.9 Å². The van der Waals surface area contributed by atoms with E-state index in [1.54, 1.807) is 55.7 Å². The summed E-state index contributed by atoms with van der Waals surface area (Å²) in [4.78, 5) is 35.0. The Balaban J connectivity index is 1.91. The molecule has 0 fully saturated rings. The summed E-state index contributed by atoms with van der Waals surface area (Å²) >= 11 is 0. The summed E-state index contributed by atoms with van der Waals surface area (Å²) in [5, 5.41) is 21.7. The second-order valence-corrected chi connectivity index (χ2v) is 13.8. The molecule has 0 saturated carbocycles. The molecule has 4 bridgehead atoms. The van der Waals surface area contributed by atoms with Gasteiger partial charge in [0.05, 0.1) is 24.7 Å². The molecule has 0 saturated heterocycles. The van der Waals surface area contributed by atoms with Crippen LogP contribution < -0.4 is 0 Å². The SMILES string of the molecule is C/C=C/C(O)C(C)(C)C1C\C=C/C=C\C=C\C(OC)Cc2nc(co2)C(=O)OC(C(C)(C)C(O)/C=C/C)C/C=C/C=C/C=C/C=C\c2nc(co2)C(=O)O1. The molecule has 5 unspecified atom stereocenters.